The number of ketones is 1. The molecule has 1 unspecified atom stereocenters. The maximum absolute atomic E-state index is 13.1. The number of rotatable bonds is 5. The second-order valence-corrected chi connectivity index (χ2v) is 8.59. The molecule has 1 saturated carbocycles. The van der Waals surface area contributed by atoms with Crippen LogP contribution in [0, 0.1) is 13.8 Å². The molecular formula is C23H24ClN5O4. The number of benzene rings is 1. The summed E-state index contributed by atoms with van der Waals surface area (Å²) >= 11 is 6.43. The number of carbonyl (C=O) groups is 3. The zero-order valence-electron chi connectivity index (χ0n) is 18.7. The molecule has 1 fully saturated rings. The summed E-state index contributed by atoms with van der Waals surface area (Å²) < 4.78 is 6.64. The smallest absolute Gasteiger partial charge is 0.378 e. The molecule has 1 atom stereocenters. The van der Waals surface area contributed by atoms with E-state index in [9.17, 15) is 14.4 Å². The Morgan fingerprint density at radius 1 is 1.21 bits per heavy atom. The summed E-state index contributed by atoms with van der Waals surface area (Å²) in [5.74, 6) is -1.37. The third kappa shape index (κ3) is 4.08. The number of halogens is 1. The first kappa shape index (κ1) is 22.8. The Labute approximate surface area is 195 Å². The maximum atomic E-state index is 13.1. The van der Waals surface area contributed by atoms with Crippen molar-refractivity contribution in [2.45, 2.75) is 45.1 Å². The molecule has 1 amide bonds. The fourth-order valence-corrected chi connectivity index (χ4v) is 4.68. The second kappa shape index (κ2) is 8.90. The molecule has 1 aliphatic rings. The number of likely N-dealkylation sites (N-methyl/N-ethyl adjacent to an activating group) is 1. The van der Waals surface area contributed by atoms with Gasteiger partial charge < -0.3 is 9.64 Å². The van der Waals surface area contributed by atoms with Gasteiger partial charge in [0.05, 0.1) is 0 Å². The number of nitrogens with zero attached hydrogens (tertiary/aromatic N) is 5. The van der Waals surface area contributed by atoms with E-state index in [2.05, 4.69) is 15.1 Å². The molecule has 0 bridgehead atoms. The number of hydrogen-bond acceptors (Lipinski definition) is 7. The van der Waals surface area contributed by atoms with Gasteiger partial charge in [-0.15, -0.1) is 5.10 Å². The van der Waals surface area contributed by atoms with E-state index >= 15 is 0 Å². The molecule has 4 rings (SSSR count). The minimum absolute atomic E-state index is 0.0806. The number of carbonyl (C=O) groups excluding carboxylic acids is 3. The summed E-state index contributed by atoms with van der Waals surface area (Å²) in [6.07, 6.45) is 2.32. The van der Waals surface area contributed by atoms with Gasteiger partial charge in [0, 0.05) is 35.4 Å². The van der Waals surface area contributed by atoms with Crippen molar-refractivity contribution < 1.29 is 19.1 Å². The summed E-state index contributed by atoms with van der Waals surface area (Å²) in [5.41, 5.74) is 0.890. The van der Waals surface area contributed by atoms with E-state index in [-0.39, 0.29) is 17.4 Å². The summed E-state index contributed by atoms with van der Waals surface area (Å²) in [6, 6.07) is 8.84. The van der Waals surface area contributed by atoms with Crippen molar-refractivity contribution in [1.82, 2.24) is 24.5 Å². The van der Waals surface area contributed by atoms with Gasteiger partial charge in [-0.3, -0.25) is 9.59 Å². The molecule has 0 saturated heterocycles. The van der Waals surface area contributed by atoms with Crippen LogP contribution in [0.3, 0.4) is 0 Å². The van der Waals surface area contributed by atoms with Crippen LogP contribution >= 0.6 is 11.6 Å². The minimum Gasteiger partial charge on any atom is -0.450 e. The normalized spacial score (nSPS) is 18.4. The summed E-state index contributed by atoms with van der Waals surface area (Å²) in [4.78, 5) is 48.5. The predicted molar refractivity (Wildman–Crippen MR) is 120 cm³/mol. The Kier molecular flexibility index (Phi) is 6.16. The summed E-state index contributed by atoms with van der Waals surface area (Å²) in [5, 5.41) is 4.54. The Hall–Kier alpha value is -3.33. The highest BCUT2D eigenvalue weighted by Crippen LogP contribution is 2.42. The van der Waals surface area contributed by atoms with Crippen molar-refractivity contribution >= 4 is 35.0 Å². The monoisotopic (exact) mass is 469 g/mol. The third-order valence-electron chi connectivity index (χ3n) is 6.05. The SMILES string of the molecule is Cc1cc(C)n2nc(C(=O)OCC(=O)N(C)C3(c4ccccc4Cl)CCCCC3=O)nc2n1. The molecule has 1 aromatic carbocycles. The van der Waals surface area contributed by atoms with Gasteiger partial charge in [0.15, 0.2) is 12.4 Å². The molecule has 0 spiro atoms. The van der Waals surface area contributed by atoms with Crippen molar-refractivity contribution in [2.75, 3.05) is 13.7 Å². The van der Waals surface area contributed by atoms with Crippen molar-refractivity contribution in [1.29, 1.82) is 0 Å². The van der Waals surface area contributed by atoms with Gasteiger partial charge in [-0.25, -0.2) is 14.3 Å². The third-order valence-corrected chi connectivity index (χ3v) is 6.38. The Morgan fingerprint density at radius 3 is 2.70 bits per heavy atom. The highest BCUT2D eigenvalue weighted by molar-refractivity contribution is 6.31. The minimum atomic E-state index is -1.19. The number of hydrogen-bond donors (Lipinski definition) is 0. The van der Waals surface area contributed by atoms with Crippen LogP contribution in [-0.4, -0.2) is 55.8 Å². The van der Waals surface area contributed by atoms with Gasteiger partial charge in [-0.1, -0.05) is 29.8 Å². The average molecular weight is 470 g/mol. The van der Waals surface area contributed by atoms with Crippen molar-refractivity contribution in [2.24, 2.45) is 0 Å². The van der Waals surface area contributed by atoms with Gasteiger partial charge >= 0.3 is 5.97 Å². The zero-order valence-corrected chi connectivity index (χ0v) is 19.4. The van der Waals surface area contributed by atoms with Crippen LogP contribution in [0.25, 0.3) is 5.78 Å². The van der Waals surface area contributed by atoms with Gasteiger partial charge in [0.25, 0.3) is 17.5 Å². The maximum Gasteiger partial charge on any atom is 0.378 e. The number of esters is 1. The standard InChI is InChI=1S/C23H24ClN5O4/c1-14-12-15(2)29-22(25-14)26-20(27-29)21(32)33-13-19(31)28(3)23(11-7-6-10-18(23)30)16-8-4-5-9-17(16)24/h4-5,8-9,12H,6-7,10-11,13H2,1-3H3. The van der Waals surface area contributed by atoms with E-state index in [0.717, 1.165) is 24.2 Å². The molecule has 0 N–H and O–H groups in total. The number of ether oxygens (including phenoxy) is 1. The van der Waals surface area contributed by atoms with Gasteiger partial charge in [0.1, 0.15) is 5.54 Å². The Balaban J connectivity index is 1.54. The van der Waals surface area contributed by atoms with Gasteiger partial charge in [0.2, 0.25) is 0 Å². The van der Waals surface area contributed by atoms with Crippen LogP contribution in [-0.2, 0) is 19.9 Å². The first-order valence-electron chi connectivity index (χ1n) is 10.7. The number of aromatic nitrogens is 4. The highest BCUT2D eigenvalue weighted by atomic mass is 35.5. The Bertz CT molecular complexity index is 1260. The van der Waals surface area contributed by atoms with Crippen molar-refractivity contribution in [3.05, 3.63) is 58.1 Å². The fourth-order valence-electron chi connectivity index (χ4n) is 4.38. The van der Waals surface area contributed by atoms with Gasteiger partial charge in [-0.2, -0.15) is 4.98 Å². The topological polar surface area (TPSA) is 107 Å². The van der Waals surface area contributed by atoms with Crippen molar-refractivity contribution in [3.63, 3.8) is 0 Å². The van der Waals surface area contributed by atoms with Crippen LogP contribution in [0.1, 0.15) is 53.3 Å². The Morgan fingerprint density at radius 2 is 1.97 bits per heavy atom. The zero-order chi connectivity index (χ0) is 23.8. The average Bonchev–Trinajstić information content (AvgIpc) is 3.22. The highest BCUT2D eigenvalue weighted by Gasteiger charge is 2.48. The number of Topliss-reactive ketones (excluding diaryl/α,β-unsaturated/α-hetero) is 1. The molecule has 10 heteroatoms. The predicted octanol–water partition coefficient (Wildman–Crippen LogP) is 3.05. The lowest BCUT2D eigenvalue weighted by molar-refractivity contribution is -0.150. The molecular weight excluding hydrogens is 446 g/mol. The molecule has 172 valence electrons. The lowest BCUT2D eigenvalue weighted by Crippen LogP contribution is -2.55. The first-order chi connectivity index (χ1) is 15.7. The fraction of sp³-hybridized carbons (Fsp3) is 0.391. The number of aryl methyl sites for hydroxylation is 2. The molecule has 33 heavy (non-hydrogen) atoms. The molecule has 9 nitrogen and oxygen atoms in total. The number of fused-ring (bicyclic) bond motifs is 1. The lowest BCUT2D eigenvalue weighted by atomic mass is 9.74. The van der Waals surface area contributed by atoms with E-state index in [1.807, 2.05) is 19.9 Å². The van der Waals surface area contributed by atoms with E-state index in [1.165, 1.54) is 9.42 Å². The summed E-state index contributed by atoms with van der Waals surface area (Å²) in [6.45, 7) is 3.07. The van der Waals surface area contributed by atoms with Crippen LogP contribution in [0.2, 0.25) is 5.02 Å². The molecule has 2 heterocycles. The van der Waals surface area contributed by atoms with E-state index in [1.54, 1.807) is 31.3 Å². The van der Waals surface area contributed by atoms with Gasteiger partial charge in [-0.05, 0) is 45.2 Å². The van der Waals surface area contributed by atoms with E-state index < -0.39 is 24.0 Å². The largest absolute Gasteiger partial charge is 0.450 e. The van der Waals surface area contributed by atoms with Crippen LogP contribution in [0.4, 0.5) is 0 Å². The van der Waals surface area contributed by atoms with Crippen LogP contribution in [0.15, 0.2) is 30.3 Å². The van der Waals surface area contributed by atoms with E-state index in [4.69, 9.17) is 16.3 Å². The summed E-state index contributed by atoms with van der Waals surface area (Å²) in [7, 11) is 1.54. The lowest BCUT2D eigenvalue weighted by Gasteiger charge is -2.43. The van der Waals surface area contributed by atoms with Crippen LogP contribution in [0.5, 0.6) is 0 Å². The first-order valence-corrected chi connectivity index (χ1v) is 11.0. The molecule has 3 aromatic rings. The van der Waals surface area contributed by atoms with E-state index in [0.29, 0.717) is 23.4 Å². The second-order valence-electron chi connectivity index (χ2n) is 8.19. The number of amides is 1. The molecule has 0 aliphatic heterocycles. The quantitative estimate of drug-likeness (QED) is 0.528. The van der Waals surface area contributed by atoms with Crippen molar-refractivity contribution in [3.8, 4) is 0 Å². The molecule has 0 radical (unpaired) electrons. The molecule has 2 aromatic heterocycles. The van der Waals surface area contributed by atoms with Crippen LogP contribution < -0.4 is 0 Å². The molecule has 1 aliphatic carbocycles.